The lowest BCUT2D eigenvalue weighted by atomic mass is 9.88. The van der Waals surface area contributed by atoms with Gasteiger partial charge < -0.3 is 5.32 Å². The summed E-state index contributed by atoms with van der Waals surface area (Å²) in [5.74, 6) is -0.339. The van der Waals surface area contributed by atoms with E-state index in [1.165, 1.54) is 36.1 Å². The normalized spacial score (nSPS) is 14.2. The lowest BCUT2D eigenvalue weighted by molar-refractivity contribution is 0.0935. The fourth-order valence-electron chi connectivity index (χ4n) is 4.61. The van der Waals surface area contributed by atoms with Gasteiger partial charge in [-0.05, 0) is 92.5 Å². The third-order valence-corrected chi connectivity index (χ3v) is 8.44. The van der Waals surface area contributed by atoms with Gasteiger partial charge in [0.05, 0.1) is 16.8 Å². The molecule has 0 spiro atoms. The number of amides is 1. The monoisotopic (exact) mass is 510 g/mol. The summed E-state index contributed by atoms with van der Waals surface area (Å²) in [4.78, 5) is 13.0. The summed E-state index contributed by atoms with van der Waals surface area (Å²) >= 11 is 6.26. The van der Waals surface area contributed by atoms with Gasteiger partial charge in [-0.3, -0.25) is 9.52 Å². The average Bonchev–Trinajstić information content (AvgIpc) is 2.84. The smallest absolute Gasteiger partial charge is 0.263 e. The third-order valence-electron chi connectivity index (χ3n) is 6.60. The molecule has 1 atom stereocenters. The second kappa shape index (κ2) is 10.4. The van der Waals surface area contributed by atoms with Crippen LogP contribution in [0.1, 0.15) is 70.4 Å². The molecule has 1 amide bonds. The number of benzene rings is 3. The van der Waals surface area contributed by atoms with Crippen molar-refractivity contribution in [1.29, 1.82) is 0 Å². The molecule has 184 valence electrons. The molecular formula is C28H31ClN2O3S. The Morgan fingerprint density at radius 1 is 0.971 bits per heavy atom. The van der Waals surface area contributed by atoms with Crippen molar-refractivity contribution in [2.45, 2.75) is 63.8 Å². The van der Waals surface area contributed by atoms with Crippen LogP contribution >= 0.6 is 11.6 Å². The predicted octanol–water partition coefficient (Wildman–Crippen LogP) is 6.52. The summed E-state index contributed by atoms with van der Waals surface area (Å²) in [7, 11) is -3.99. The molecule has 0 bridgehead atoms. The molecule has 0 aliphatic heterocycles. The van der Waals surface area contributed by atoms with Gasteiger partial charge >= 0.3 is 0 Å². The van der Waals surface area contributed by atoms with E-state index in [0.717, 1.165) is 36.0 Å². The molecule has 7 heteroatoms. The largest absolute Gasteiger partial charge is 0.345 e. The first-order chi connectivity index (χ1) is 16.7. The van der Waals surface area contributed by atoms with Gasteiger partial charge in [0.2, 0.25) is 0 Å². The minimum absolute atomic E-state index is 0.0561. The van der Waals surface area contributed by atoms with E-state index in [1.54, 1.807) is 12.1 Å². The van der Waals surface area contributed by atoms with Crippen LogP contribution < -0.4 is 10.0 Å². The van der Waals surface area contributed by atoms with Crippen LogP contribution in [-0.4, -0.2) is 14.3 Å². The summed E-state index contributed by atoms with van der Waals surface area (Å²) in [5, 5.41) is 3.13. The Morgan fingerprint density at radius 3 is 2.43 bits per heavy atom. The Labute approximate surface area is 213 Å². The van der Waals surface area contributed by atoms with Crippen LogP contribution in [0.15, 0.2) is 59.5 Å². The second-order valence-corrected chi connectivity index (χ2v) is 11.3. The SMILES string of the molecule is CC[C@@H](NC(=O)c1ccc(Cl)c(S(=O)(=O)Nc2ccc(C)cc2C)c1)c1ccc2c(c1)CCCC2. The maximum Gasteiger partial charge on any atom is 0.263 e. The third kappa shape index (κ3) is 5.71. The number of fused-ring (bicyclic) bond motifs is 1. The van der Waals surface area contributed by atoms with Gasteiger partial charge in [-0.1, -0.05) is 54.4 Å². The maximum absolute atomic E-state index is 13.1. The quantitative estimate of drug-likeness (QED) is 0.380. The number of hydrogen-bond donors (Lipinski definition) is 2. The predicted molar refractivity (Wildman–Crippen MR) is 142 cm³/mol. The number of nitrogens with one attached hydrogen (secondary N) is 2. The second-order valence-electron chi connectivity index (χ2n) is 9.24. The number of sulfonamides is 1. The van der Waals surface area contributed by atoms with E-state index < -0.39 is 10.0 Å². The van der Waals surface area contributed by atoms with Crippen LogP contribution in [0.25, 0.3) is 0 Å². The number of rotatable bonds is 7. The summed E-state index contributed by atoms with van der Waals surface area (Å²) in [5.41, 5.74) is 6.37. The first-order valence-corrected chi connectivity index (χ1v) is 13.9. The topological polar surface area (TPSA) is 75.3 Å². The zero-order valence-electron chi connectivity index (χ0n) is 20.3. The van der Waals surface area contributed by atoms with E-state index in [1.807, 2.05) is 32.9 Å². The summed E-state index contributed by atoms with van der Waals surface area (Å²) in [6.07, 6.45) is 5.31. The van der Waals surface area contributed by atoms with Crippen molar-refractivity contribution in [3.63, 3.8) is 0 Å². The van der Waals surface area contributed by atoms with Gasteiger partial charge in [-0.15, -0.1) is 0 Å². The molecule has 3 aromatic rings. The number of carbonyl (C=O) groups excluding carboxylic acids is 1. The summed E-state index contributed by atoms with van der Waals surface area (Å²) in [6, 6.07) is 16.1. The minimum Gasteiger partial charge on any atom is -0.345 e. The Bertz CT molecular complexity index is 1370. The van der Waals surface area contributed by atoms with Crippen molar-refractivity contribution >= 4 is 33.2 Å². The Morgan fingerprint density at radius 2 is 1.71 bits per heavy atom. The molecule has 3 aromatic carbocycles. The van der Waals surface area contributed by atoms with Crippen LogP contribution in [0.3, 0.4) is 0 Å². The summed E-state index contributed by atoms with van der Waals surface area (Å²) < 4.78 is 28.9. The highest BCUT2D eigenvalue weighted by atomic mass is 35.5. The van der Waals surface area contributed by atoms with E-state index in [0.29, 0.717) is 5.69 Å². The number of halogens is 1. The van der Waals surface area contributed by atoms with Gasteiger partial charge in [-0.2, -0.15) is 0 Å². The van der Waals surface area contributed by atoms with E-state index in [2.05, 4.69) is 28.2 Å². The molecule has 2 N–H and O–H groups in total. The highest BCUT2D eigenvalue weighted by molar-refractivity contribution is 7.92. The van der Waals surface area contributed by atoms with Gasteiger partial charge in [0, 0.05) is 5.56 Å². The van der Waals surface area contributed by atoms with Gasteiger partial charge in [-0.25, -0.2) is 8.42 Å². The molecule has 0 radical (unpaired) electrons. The van der Waals surface area contributed by atoms with Gasteiger partial charge in [0.15, 0.2) is 0 Å². The number of hydrogen-bond acceptors (Lipinski definition) is 3. The molecule has 4 rings (SSSR count). The molecule has 0 aromatic heterocycles. The lowest BCUT2D eigenvalue weighted by Crippen LogP contribution is -2.28. The first kappa shape index (κ1) is 25.3. The minimum atomic E-state index is -3.99. The van der Waals surface area contributed by atoms with Crippen LogP contribution in [0.4, 0.5) is 5.69 Å². The van der Waals surface area contributed by atoms with Crippen molar-refractivity contribution in [1.82, 2.24) is 5.32 Å². The molecule has 1 aliphatic carbocycles. The van der Waals surface area contributed by atoms with E-state index in [4.69, 9.17) is 11.6 Å². The highest BCUT2D eigenvalue weighted by Crippen LogP contribution is 2.29. The molecule has 0 heterocycles. The fraction of sp³-hybridized carbons (Fsp3) is 0.321. The maximum atomic E-state index is 13.1. The van der Waals surface area contributed by atoms with Crippen LogP contribution in [0, 0.1) is 13.8 Å². The lowest BCUT2D eigenvalue weighted by Gasteiger charge is -2.22. The zero-order chi connectivity index (χ0) is 25.2. The van der Waals surface area contributed by atoms with Crippen LogP contribution in [-0.2, 0) is 22.9 Å². The zero-order valence-corrected chi connectivity index (χ0v) is 21.9. The van der Waals surface area contributed by atoms with Crippen LogP contribution in [0.5, 0.6) is 0 Å². The van der Waals surface area contributed by atoms with E-state index in [9.17, 15) is 13.2 Å². The van der Waals surface area contributed by atoms with Crippen LogP contribution in [0.2, 0.25) is 5.02 Å². The first-order valence-electron chi connectivity index (χ1n) is 12.0. The fourth-order valence-corrected chi connectivity index (χ4v) is 6.27. The number of aryl methyl sites for hydroxylation is 4. The van der Waals surface area contributed by atoms with E-state index in [-0.39, 0.29) is 27.4 Å². The average molecular weight is 511 g/mol. The van der Waals surface area contributed by atoms with E-state index >= 15 is 0 Å². The van der Waals surface area contributed by atoms with Gasteiger partial charge in [0.1, 0.15) is 4.90 Å². The van der Waals surface area contributed by atoms with Crippen molar-refractivity contribution in [2.75, 3.05) is 4.72 Å². The van der Waals surface area contributed by atoms with Gasteiger partial charge in [0.25, 0.3) is 15.9 Å². The molecule has 35 heavy (non-hydrogen) atoms. The Balaban J connectivity index is 1.57. The Kier molecular flexibility index (Phi) is 7.53. The molecule has 0 saturated heterocycles. The Hall–Kier alpha value is -2.83. The summed E-state index contributed by atoms with van der Waals surface area (Å²) in [6.45, 7) is 5.80. The number of carbonyl (C=O) groups is 1. The van der Waals surface area contributed by atoms with Crippen molar-refractivity contribution < 1.29 is 13.2 Å². The molecule has 0 fully saturated rings. The van der Waals surface area contributed by atoms with Crippen molar-refractivity contribution in [3.05, 3.63) is 93.0 Å². The van der Waals surface area contributed by atoms with Crippen molar-refractivity contribution in [2.24, 2.45) is 0 Å². The molecule has 0 saturated carbocycles. The highest BCUT2D eigenvalue weighted by Gasteiger charge is 2.23. The van der Waals surface area contributed by atoms with Crippen molar-refractivity contribution in [3.8, 4) is 0 Å². The molecule has 5 nitrogen and oxygen atoms in total. The number of anilines is 1. The molecule has 0 unspecified atom stereocenters. The molecular weight excluding hydrogens is 480 g/mol. The standard InChI is InChI=1S/C28H31ClN2O3S/c1-4-25(22-11-10-20-7-5-6-8-21(20)16-22)30-28(32)23-12-13-24(29)27(17-23)35(33,34)31-26-14-9-18(2)15-19(26)3/h9-17,25,31H,4-8H2,1-3H3,(H,30,32)/t25-/m1/s1. The molecule has 1 aliphatic rings.